The fraction of sp³-hybridized carbons (Fsp3) is 0.0909. The van der Waals surface area contributed by atoms with Crippen molar-refractivity contribution in [1.82, 2.24) is 0 Å². The van der Waals surface area contributed by atoms with Crippen LogP contribution in [0.4, 0.5) is 0 Å². The van der Waals surface area contributed by atoms with Crippen LogP contribution in [0.15, 0.2) is 78.9 Å². The van der Waals surface area contributed by atoms with Crippen molar-refractivity contribution in [3.63, 3.8) is 0 Å². The molecule has 3 aromatic rings. The summed E-state index contributed by atoms with van der Waals surface area (Å²) in [5.41, 5.74) is 2.08. The van der Waals surface area contributed by atoms with E-state index in [1.807, 2.05) is 36.4 Å². The standard InChI is InChI=1S/C22H16O4/c23-19-13-17-11-12-18(25-22(24)16-9-5-2-6-10-16)14-20(17)26-21(19)15-7-3-1-4-8-15/h1-12,14,21H,13H2. The zero-order valence-electron chi connectivity index (χ0n) is 13.9. The van der Waals surface area contributed by atoms with Crippen LogP contribution in [0, 0.1) is 0 Å². The minimum Gasteiger partial charge on any atom is -0.477 e. The van der Waals surface area contributed by atoms with Crippen molar-refractivity contribution in [2.24, 2.45) is 0 Å². The van der Waals surface area contributed by atoms with Gasteiger partial charge in [0.1, 0.15) is 11.5 Å². The first-order chi connectivity index (χ1) is 12.7. The topological polar surface area (TPSA) is 52.6 Å². The van der Waals surface area contributed by atoms with Crippen LogP contribution in [-0.2, 0) is 11.2 Å². The predicted molar refractivity (Wildman–Crippen MR) is 96.4 cm³/mol. The lowest BCUT2D eigenvalue weighted by Crippen LogP contribution is -2.25. The number of rotatable bonds is 3. The van der Waals surface area contributed by atoms with Crippen LogP contribution >= 0.6 is 0 Å². The summed E-state index contributed by atoms with van der Waals surface area (Å²) in [7, 11) is 0. The highest BCUT2D eigenvalue weighted by atomic mass is 16.5. The van der Waals surface area contributed by atoms with E-state index in [0.717, 1.165) is 11.1 Å². The summed E-state index contributed by atoms with van der Waals surface area (Å²) in [6.45, 7) is 0. The van der Waals surface area contributed by atoms with Gasteiger partial charge in [0.15, 0.2) is 11.9 Å². The van der Waals surface area contributed by atoms with Gasteiger partial charge in [-0.05, 0) is 23.8 Å². The lowest BCUT2D eigenvalue weighted by atomic mass is 9.96. The smallest absolute Gasteiger partial charge is 0.343 e. The normalized spacial score (nSPS) is 15.7. The van der Waals surface area contributed by atoms with E-state index in [-0.39, 0.29) is 5.78 Å². The summed E-state index contributed by atoms with van der Waals surface area (Å²) in [6.07, 6.45) is -0.342. The van der Waals surface area contributed by atoms with E-state index < -0.39 is 12.1 Å². The maximum absolute atomic E-state index is 12.4. The molecule has 4 heteroatoms. The van der Waals surface area contributed by atoms with Gasteiger partial charge in [-0.15, -0.1) is 0 Å². The summed E-state index contributed by atoms with van der Waals surface area (Å²) in [5.74, 6) is 0.533. The molecule has 4 nitrogen and oxygen atoms in total. The van der Waals surface area contributed by atoms with E-state index in [2.05, 4.69) is 0 Å². The molecule has 0 aromatic heterocycles. The number of ketones is 1. The highest BCUT2D eigenvalue weighted by Crippen LogP contribution is 2.35. The zero-order valence-corrected chi connectivity index (χ0v) is 13.9. The van der Waals surface area contributed by atoms with Gasteiger partial charge in [0.05, 0.1) is 5.56 Å². The number of hydrogen-bond acceptors (Lipinski definition) is 4. The average molecular weight is 344 g/mol. The van der Waals surface area contributed by atoms with Gasteiger partial charge in [0, 0.05) is 18.1 Å². The number of benzene rings is 3. The molecule has 0 N–H and O–H groups in total. The minimum atomic E-state index is -0.635. The Morgan fingerprint density at radius 1 is 0.923 bits per heavy atom. The molecule has 1 unspecified atom stereocenters. The summed E-state index contributed by atoms with van der Waals surface area (Å²) in [5, 5.41) is 0. The Bertz CT molecular complexity index is 948. The second kappa shape index (κ2) is 6.84. The number of hydrogen-bond donors (Lipinski definition) is 0. The molecule has 0 amide bonds. The lowest BCUT2D eigenvalue weighted by molar-refractivity contribution is -0.126. The van der Waals surface area contributed by atoms with Gasteiger partial charge in [-0.25, -0.2) is 4.79 Å². The van der Waals surface area contributed by atoms with Crippen molar-refractivity contribution in [2.45, 2.75) is 12.5 Å². The summed E-state index contributed by atoms with van der Waals surface area (Å²) in [6, 6.07) is 23.3. The highest BCUT2D eigenvalue weighted by molar-refractivity contribution is 5.91. The molecule has 1 aliphatic heterocycles. The molecule has 0 aliphatic carbocycles. The molecule has 4 rings (SSSR count). The van der Waals surface area contributed by atoms with E-state index in [1.54, 1.807) is 42.5 Å². The van der Waals surface area contributed by atoms with Crippen molar-refractivity contribution < 1.29 is 19.1 Å². The second-order valence-corrected chi connectivity index (χ2v) is 6.08. The van der Waals surface area contributed by atoms with Crippen molar-refractivity contribution in [3.8, 4) is 11.5 Å². The molecule has 0 saturated carbocycles. The Labute approximate surface area is 151 Å². The van der Waals surface area contributed by atoms with E-state index in [4.69, 9.17) is 9.47 Å². The number of fused-ring (bicyclic) bond motifs is 1. The monoisotopic (exact) mass is 344 g/mol. The van der Waals surface area contributed by atoms with E-state index >= 15 is 0 Å². The number of esters is 1. The fourth-order valence-corrected chi connectivity index (χ4v) is 2.95. The molecule has 128 valence electrons. The Morgan fingerprint density at radius 3 is 2.35 bits per heavy atom. The maximum atomic E-state index is 12.4. The van der Waals surface area contributed by atoms with E-state index in [1.165, 1.54) is 0 Å². The summed E-state index contributed by atoms with van der Waals surface area (Å²) >= 11 is 0. The van der Waals surface area contributed by atoms with Crippen LogP contribution < -0.4 is 9.47 Å². The third kappa shape index (κ3) is 3.22. The Balaban J connectivity index is 1.57. The number of carbonyl (C=O) groups is 2. The van der Waals surface area contributed by atoms with Gasteiger partial charge in [0.25, 0.3) is 0 Å². The number of Topliss-reactive ketones (excluding diaryl/α,β-unsaturated/α-hetero) is 1. The quantitative estimate of drug-likeness (QED) is 0.529. The van der Waals surface area contributed by atoms with Crippen molar-refractivity contribution in [1.29, 1.82) is 0 Å². The molecule has 0 fully saturated rings. The molecule has 0 spiro atoms. The van der Waals surface area contributed by atoms with Gasteiger partial charge in [-0.2, -0.15) is 0 Å². The Morgan fingerprint density at radius 2 is 1.62 bits per heavy atom. The molecule has 1 heterocycles. The van der Waals surface area contributed by atoms with Crippen molar-refractivity contribution in [2.75, 3.05) is 0 Å². The molecule has 0 radical (unpaired) electrons. The highest BCUT2D eigenvalue weighted by Gasteiger charge is 2.29. The molecular formula is C22H16O4. The first-order valence-corrected chi connectivity index (χ1v) is 8.35. The van der Waals surface area contributed by atoms with Gasteiger partial charge >= 0.3 is 5.97 Å². The molecule has 0 bridgehead atoms. The van der Waals surface area contributed by atoms with E-state index in [9.17, 15) is 9.59 Å². The van der Waals surface area contributed by atoms with Gasteiger partial charge < -0.3 is 9.47 Å². The van der Waals surface area contributed by atoms with Crippen LogP contribution in [-0.4, -0.2) is 11.8 Å². The molecule has 1 aliphatic rings. The molecule has 26 heavy (non-hydrogen) atoms. The third-order valence-corrected chi connectivity index (χ3v) is 4.26. The van der Waals surface area contributed by atoms with Crippen LogP contribution in [0.3, 0.4) is 0 Å². The Hall–Kier alpha value is -3.40. The fourth-order valence-electron chi connectivity index (χ4n) is 2.95. The Kier molecular flexibility index (Phi) is 4.23. The van der Waals surface area contributed by atoms with Crippen molar-refractivity contribution >= 4 is 11.8 Å². The zero-order chi connectivity index (χ0) is 17.9. The van der Waals surface area contributed by atoms with E-state index in [0.29, 0.717) is 23.5 Å². The molecule has 0 saturated heterocycles. The van der Waals surface area contributed by atoms with Crippen LogP contribution in [0.5, 0.6) is 11.5 Å². The molecular weight excluding hydrogens is 328 g/mol. The second-order valence-electron chi connectivity index (χ2n) is 6.08. The third-order valence-electron chi connectivity index (χ3n) is 4.26. The van der Waals surface area contributed by atoms with Gasteiger partial charge in [-0.3, -0.25) is 4.79 Å². The lowest BCUT2D eigenvalue weighted by Gasteiger charge is -2.25. The average Bonchev–Trinajstić information content (AvgIpc) is 2.69. The maximum Gasteiger partial charge on any atom is 0.343 e. The van der Waals surface area contributed by atoms with Crippen LogP contribution in [0.25, 0.3) is 0 Å². The first kappa shape index (κ1) is 16.1. The van der Waals surface area contributed by atoms with Gasteiger partial charge in [0.2, 0.25) is 0 Å². The van der Waals surface area contributed by atoms with Crippen LogP contribution in [0.2, 0.25) is 0 Å². The predicted octanol–water partition coefficient (Wildman–Crippen LogP) is 4.15. The summed E-state index contributed by atoms with van der Waals surface area (Å²) < 4.78 is 11.3. The van der Waals surface area contributed by atoms with Crippen LogP contribution in [0.1, 0.15) is 27.6 Å². The number of carbonyl (C=O) groups excluding carboxylic acids is 2. The molecule has 3 aromatic carbocycles. The van der Waals surface area contributed by atoms with Crippen molar-refractivity contribution in [3.05, 3.63) is 95.6 Å². The molecule has 1 atom stereocenters. The first-order valence-electron chi connectivity index (χ1n) is 8.35. The largest absolute Gasteiger partial charge is 0.477 e. The summed E-state index contributed by atoms with van der Waals surface area (Å²) in [4.78, 5) is 24.6. The number of ether oxygens (including phenoxy) is 2. The minimum absolute atomic E-state index is 0.0118. The van der Waals surface area contributed by atoms with Gasteiger partial charge in [-0.1, -0.05) is 54.6 Å². The SMILES string of the molecule is O=C(Oc1ccc2c(c1)OC(c1ccccc1)C(=O)C2)c1ccccc1.